The molecule has 2 rings (SSSR count). The predicted molar refractivity (Wildman–Crippen MR) is 102 cm³/mol. The number of amides is 2. The number of nitrogens with one attached hydrogen (secondary N) is 1. The lowest BCUT2D eigenvalue weighted by molar-refractivity contribution is -0.121. The summed E-state index contributed by atoms with van der Waals surface area (Å²) in [6.45, 7) is 4.11. The molecule has 25 heavy (non-hydrogen) atoms. The van der Waals surface area contributed by atoms with E-state index in [1.807, 2.05) is 31.2 Å². The molecule has 0 aliphatic carbocycles. The Labute approximate surface area is 157 Å². The number of carbonyl (C=O) groups is 2. The predicted octanol–water partition coefficient (Wildman–Crippen LogP) is 4.01. The SMILES string of the molecule is CC(=O)N(CCNC(=O)Cc1cccc(C)c1)c1ccc(Cl)cc1Cl. The van der Waals surface area contributed by atoms with Gasteiger partial charge in [0.2, 0.25) is 11.8 Å². The Balaban J connectivity index is 1.93. The molecule has 132 valence electrons. The van der Waals surface area contributed by atoms with Crippen molar-refractivity contribution in [3.63, 3.8) is 0 Å². The average molecular weight is 379 g/mol. The molecule has 0 aromatic heterocycles. The monoisotopic (exact) mass is 378 g/mol. The fourth-order valence-corrected chi connectivity index (χ4v) is 3.04. The zero-order valence-corrected chi connectivity index (χ0v) is 15.7. The largest absolute Gasteiger partial charge is 0.354 e. The lowest BCUT2D eigenvalue weighted by Gasteiger charge is -2.22. The molecule has 0 spiro atoms. The quantitative estimate of drug-likeness (QED) is 0.825. The third kappa shape index (κ3) is 5.76. The van der Waals surface area contributed by atoms with Crippen LogP contribution >= 0.6 is 23.2 Å². The minimum Gasteiger partial charge on any atom is -0.354 e. The van der Waals surface area contributed by atoms with Crippen LogP contribution in [0.15, 0.2) is 42.5 Å². The van der Waals surface area contributed by atoms with Gasteiger partial charge in [-0.3, -0.25) is 9.59 Å². The maximum atomic E-state index is 12.1. The van der Waals surface area contributed by atoms with Gasteiger partial charge in [-0.1, -0.05) is 53.0 Å². The molecule has 6 heteroatoms. The van der Waals surface area contributed by atoms with Crippen LogP contribution in [0.2, 0.25) is 10.0 Å². The van der Waals surface area contributed by atoms with Crippen molar-refractivity contribution in [1.29, 1.82) is 0 Å². The van der Waals surface area contributed by atoms with E-state index in [9.17, 15) is 9.59 Å². The molecule has 0 radical (unpaired) electrons. The van der Waals surface area contributed by atoms with Crippen LogP contribution in [0, 0.1) is 6.92 Å². The smallest absolute Gasteiger partial charge is 0.224 e. The van der Waals surface area contributed by atoms with Crippen LogP contribution in [-0.2, 0) is 16.0 Å². The van der Waals surface area contributed by atoms with Crippen molar-refractivity contribution in [3.05, 3.63) is 63.6 Å². The van der Waals surface area contributed by atoms with Crippen LogP contribution in [0.25, 0.3) is 0 Å². The standard InChI is InChI=1S/C19H20Cl2N2O2/c1-13-4-3-5-15(10-13)11-19(25)22-8-9-23(14(2)24)18-7-6-16(20)12-17(18)21/h3-7,10,12H,8-9,11H2,1-2H3,(H,22,25). The van der Waals surface area contributed by atoms with Gasteiger partial charge >= 0.3 is 0 Å². The summed E-state index contributed by atoms with van der Waals surface area (Å²) >= 11 is 12.1. The Kier molecular flexibility index (Phi) is 6.85. The second-order valence-corrected chi connectivity index (χ2v) is 6.63. The van der Waals surface area contributed by atoms with E-state index in [1.165, 1.54) is 11.8 Å². The molecule has 2 aromatic rings. The number of carbonyl (C=O) groups excluding carboxylic acids is 2. The van der Waals surface area contributed by atoms with E-state index in [1.54, 1.807) is 18.2 Å². The summed E-state index contributed by atoms with van der Waals surface area (Å²) in [4.78, 5) is 25.5. The number of hydrogen-bond acceptors (Lipinski definition) is 2. The summed E-state index contributed by atoms with van der Waals surface area (Å²) in [5, 5.41) is 3.74. The molecule has 0 saturated heterocycles. The van der Waals surface area contributed by atoms with Crippen LogP contribution in [0.3, 0.4) is 0 Å². The minimum absolute atomic E-state index is 0.0868. The van der Waals surface area contributed by atoms with E-state index in [2.05, 4.69) is 5.32 Å². The van der Waals surface area contributed by atoms with E-state index in [4.69, 9.17) is 23.2 Å². The molecule has 0 saturated carbocycles. The molecule has 2 amide bonds. The normalized spacial score (nSPS) is 10.4. The van der Waals surface area contributed by atoms with Gasteiger partial charge in [0.25, 0.3) is 0 Å². The summed E-state index contributed by atoms with van der Waals surface area (Å²) in [7, 11) is 0. The topological polar surface area (TPSA) is 49.4 Å². The van der Waals surface area contributed by atoms with Gasteiger partial charge in [0.15, 0.2) is 0 Å². The average Bonchev–Trinajstić information content (AvgIpc) is 2.52. The van der Waals surface area contributed by atoms with Crippen molar-refractivity contribution in [1.82, 2.24) is 5.32 Å². The van der Waals surface area contributed by atoms with Gasteiger partial charge in [0.1, 0.15) is 0 Å². The van der Waals surface area contributed by atoms with Crippen LogP contribution in [0.4, 0.5) is 5.69 Å². The van der Waals surface area contributed by atoms with Gasteiger partial charge in [0, 0.05) is 25.0 Å². The van der Waals surface area contributed by atoms with Gasteiger partial charge < -0.3 is 10.2 Å². The molecule has 0 heterocycles. The van der Waals surface area contributed by atoms with Crippen molar-refractivity contribution in [2.75, 3.05) is 18.0 Å². The molecule has 2 aromatic carbocycles. The molecule has 0 bridgehead atoms. The highest BCUT2D eigenvalue weighted by Crippen LogP contribution is 2.28. The summed E-state index contributed by atoms with van der Waals surface area (Å²) < 4.78 is 0. The van der Waals surface area contributed by atoms with E-state index >= 15 is 0 Å². The first-order valence-electron chi connectivity index (χ1n) is 7.92. The molecule has 1 N–H and O–H groups in total. The zero-order valence-electron chi connectivity index (χ0n) is 14.2. The number of rotatable bonds is 6. The van der Waals surface area contributed by atoms with Crippen molar-refractivity contribution in [3.8, 4) is 0 Å². The Bertz CT molecular complexity index is 778. The first kappa shape index (κ1) is 19.3. The highest BCUT2D eigenvalue weighted by Gasteiger charge is 2.15. The summed E-state index contributed by atoms with van der Waals surface area (Å²) in [6.07, 6.45) is 0.309. The molecule has 0 fully saturated rings. The lowest BCUT2D eigenvalue weighted by Crippen LogP contribution is -2.38. The van der Waals surface area contributed by atoms with Gasteiger partial charge in [-0.2, -0.15) is 0 Å². The fraction of sp³-hybridized carbons (Fsp3) is 0.263. The number of hydrogen-bond donors (Lipinski definition) is 1. The fourth-order valence-electron chi connectivity index (χ4n) is 2.52. The summed E-state index contributed by atoms with van der Waals surface area (Å²) in [5.41, 5.74) is 2.65. The van der Waals surface area contributed by atoms with Gasteiger partial charge in [0.05, 0.1) is 17.1 Å². The van der Waals surface area contributed by atoms with Crippen LogP contribution < -0.4 is 10.2 Å². The maximum absolute atomic E-state index is 12.1. The first-order chi connectivity index (χ1) is 11.9. The van der Waals surface area contributed by atoms with Gasteiger partial charge in [-0.25, -0.2) is 0 Å². The number of anilines is 1. The number of nitrogens with zero attached hydrogens (tertiary/aromatic N) is 1. The third-order valence-corrected chi connectivity index (χ3v) is 4.22. The molecular formula is C19H20Cl2N2O2. The van der Waals surface area contributed by atoms with Crippen molar-refractivity contribution in [2.24, 2.45) is 0 Å². The van der Waals surface area contributed by atoms with Crippen LogP contribution in [-0.4, -0.2) is 24.9 Å². The second kappa shape index (κ2) is 8.88. The Morgan fingerprint density at radius 1 is 1.12 bits per heavy atom. The van der Waals surface area contributed by atoms with Gasteiger partial charge in [-0.05, 0) is 30.7 Å². The molecule has 0 atom stereocenters. The Morgan fingerprint density at radius 3 is 2.52 bits per heavy atom. The first-order valence-corrected chi connectivity index (χ1v) is 8.68. The van der Waals surface area contributed by atoms with E-state index < -0.39 is 0 Å². The van der Waals surface area contributed by atoms with E-state index in [0.717, 1.165) is 11.1 Å². The molecule has 0 unspecified atom stereocenters. The maximum Gasteiger partial charge on any atom is 0.224 e. The minimum atomic E-state index is -0.155. The lowest BCUT2D eigenvalue weighted by atomic mass is 10.1. The highest BCUT2D eigenvalue weighted by molar-refractivity contribution is 6.36. The van der Waals surface area contributed by atoms with E-state index in [-0.39, 0.29) is 11.8 Å². The van der Waals surface area contributed by atoms with E-state index in [0.29, 0.717) is 35.2 Å². The number of benzene rings is 2. The van der Waals surface area contributed by atoms with Crippen molar-refractivity contribution >= 4 is 40.7 Å². The van der Waals surface area contributed by atoms with Crippen LogP contribution in [0.1, 0.15) is 18.1 Å². The summed E-state index contributed by atoms with van der Waals surface area (Å²) in [6, 6.07) is 12.8. The molecule has 4 nitrogen and oxygen atoms in total. The molecule has 0 aliphatic rings. The molecular weight excluding hydrogens is 359 g/mol. The zero-order chi connectivity index (χ0) is 18.4. The highest BCUT2D eigenvalue weighted by atomic mass is 35.5. The third-order valence-electron chi connectivity index (χ3n) is 3.69. The summed E-state index contributed by atoms with van der Waals surface area (Å²) in [5.74, 6) is -0.242. The van der Waals surface area contributed by atoms with Gasteiger partial charge in [-0.15, -0.1) is 0 Å². The van der Waals surface area contributed by atoms with Crippen LogP contribution in [0.5, 0.6) is 0 Å². The number of aryl methyl sites for hydroxylation is 1. The Hall–Kier alpha value is -2.04. The van der Waals surface area contributed by atoms with Crippen molar-refractivity contribution < 1.29 is 9.59 Å². The Morgan fingerprint density at radius 2 is 1.88 bits per heavy atom. The number of halogens is 2. The van der Waals surface area contributed by atoms with Crippen molar-refractivity contribution in [2.45, 2.75) is 20.3 Å². The molecule has 0 aliphatic heterocycles. The second-order valence-electron chi connectivity index (χ2n) is 5.78.